The molecule has 7 nitrogen and oxygen atoms in total. The molecule has 1 unspecified atom stereocenters. The van der Waals surface area contributed by atoms with Crippen LogP contribution in [0, 0.1) is 16.0 Å². The molecule has 0 radical (unpaired) electrons. The second-order valence-corrected chi connectivity index (χ2v) is 7.01. The van der Waals surface area contributed by atoms with E-state index < -0.39 is 14.8 Å². The van der Waals surface area contributed by atoms with Crippen LogP contribution in [0.2, 0.25) is 0 Å². The molecule has 3 N–H and O–H groups in total. The van der Waals surface area contributed by atoms with Gasteiger partial charge in [0.05, 0.1) is 9.82 Å². The van der Waals surface area contributed by atoms with Crippen LogP contribution in [-0.2, 0) is 9.84 Å². The van der Waals surface area contributed by atoms with Gasteiger partial charge in [0, 0.05) is 24.9 Å². The summed E-state index contributed by atoms with van der Waals surface area (Å²) in [6, 6.07) is 3.63. The fourth-order valence-corrected chi connectivity index (χ4v) is 2.15. The average molecular weight is 301 g/mol. The van der Waals surface area contributed by atoms with Gasteiger partial charge in [0.15, 0.2) is 9.84 Å². The highest BCUT2D eigenvalue weighted by molar-refractivity contribution is 7.90. The summed E-state index contributed by atoms with van der Waals surface area (Å²) in [5, 5.41) is 13.9. The maximum atomic E-state index is 11.4. The summed E-state index contributed by atoms with van der Waals surface area (Å²) >= 11 is 0. The fourth-order valence-electron chi connectivity index (χ4n) is 1.51. The molecule has 0 spiro atoms. The number of nitrogens with two attached hydrogens (primary N) is 1. The van der Waals surface area contributed by atoms with Crippen LogP contribution in [0.15, 0.2) is 23.1 Å². The number of benzene rings is 1. The van der Waals surface area contributed by atoms with Crippen LogP contribution in [-0.4, -0.2) is 32.2 Å². The second kappa shape index (κ2) is 6.19. The molecule has 20 heavy (non-hydrogen) atoms. The highest BCUT2D eigenvalue weighted by Gasteiger charge is 2.19. The Morgan fingerprint density at radius 2 is 2.00 bits per heavy atom. The van der Waals surface area contributed by atoms with Crippen LogP contribution in [0.1, 0.15) is 13.8 Å². The van der Waals surface area contributed by atoms with Crippen LogP contribution in [0.5, 0.6) is 0 Å². The van der Waals surface area contributed by atoms with Gasteiger partial charge < -0.3 is 11.1 Å². The smallest absolute Gasteiger partial charge is 0.293 e. The number of nitro benzene ring substituents is 1. The van der Waals surface area contributed by atoms with Gasteiger partial charge in [0.1, 0.15) is 5.69 Å². The van der Waals surface area contributed by atoms with Crippen molar-refractivity contribution in [2.24, 2.45) is 11.7 Å². The van der Waals surface area contributed by atoms with Gasteiger partial charge in [-0.25, -0.2) is 8.42 Å². The molecule has 1 aromatic rings. The van der Waals surface area contributed by atoms with E-state index in [1.54, 1.807) is 0 Å². The van der Waals surface area contributed by atoms with Crippen LogP contribution in [0.3, 0.4) is 0 Å². The van der Waals surface area contributed by atoms with E-state index in [1.165, 1.54) is 12.1 Å². The predicted molar refractivity (Wildman–Crippen MR) is 77.5 cm³/mol. The molecular weight excluding hydrogens is 282 g/mol. The SMILES string of the molecule is CC(C)C(N)CNc1ccc(S(C)(=O)=O)cc1[N+](=O)[O-]. The third kappa shape index (κ3) is 4.17. The highest BCUT2D eigenvalue weighted by Crippen LogP contribution is 2.27. The quantitative estimate of drug-likeness (QED) is 0.606. The zero-order chi connectivity index (χ0) is 15.5. The lowest BCUT2D eigenvalue weighted by molar-refractivity contribution is -0.384. The van der Waals surface area contributed by atoms with E-state index in [0.717, 1.165) is 12.3 Å². The van der Waals surface area contributed by atoms with E-state index in [-0.39, 0.29) is 28.2 Å². The number of sulfone groups is 1. The molecule has 1 aromatic carbocycles. The maximum Gasteiger partial charge on any atom is 0.293 e. The van der Waals surface area contributed by atoms with E-state index in [4.69, 9.17) is 5.73 Å². The van der Waals surface area contributed by atoms with Crippen LogP contribution in [0.25, 0.3) is 0 Å². The Kier molecular flexibility index (Phi) is 5.07. The molecule has 0 amide bonds. The average Bonchev–Trinajstić information content (AvgIpc) is 2.34. The normalized spacial score (nSPS) is 13.2. The zero-order valence-electron chi connectivity index (χ0n) is 11.7. The van der Waals surface area contributed by atoms with Crippen molar-refractivity contribution in [1.29, 1.82) is 0 Å². The number of nitro groups is 1. The van der Waals surface area contributed by atoms with Crippen LogP contribution < -0.4 is 11.1 Å². The summed E-state index contributed by atoms with van der Waals surface area (Å²) in [6.45, 7) is 4.28. The lowest BCUT2D eigenvalue weighted by atomic mass is 10.1. The molecule has 0 saturated heterocycles. The Bertz CT molecular complexity index is 599. The molecule has 0 aromatic heterocycles. The van der Waals surface area contributed by atoms with Crippen molar-refractivity contribution >= 4 is 21.2 Å². The molecule has 1 rings (SSSR count). The Labute approximate surface area is 118 Å². The first-order chi connectivity index (χ1) is 9.12. The monoisotopic (exact) mass is 301 g/mol. The molecule has 0 aliphatic rings. The van der Waals surface area contributed by atoms with Crippen LogP contribution >= 0.6 is 0 Å². The van der Waals surface area contributed by atoms with E-state index in [1.807, 2.05) is 13.8 Å². The summed E-state index contributed by atoms with van der Waals surface area (Å²) < 4.78 is 22.8. The summed E-state index contributed by atoms with van der Waals surface area (Å²) in [5.41, 5.74) is 5.85. The Hall–Kier alpha value is -1.67. The fraction of sp³-hybridized carbons (Fsp3) is 0.500. The first-order valence-corrected chi connectivity index (χ1v) is 8.00. The molecule has 1 atom stereocenters. The van der Waals surface area contributed by atoms with E-state index in [9.17, 15) is 18.5 Å². The van der Waals surface area contributed by atoms with Crippen molar-refractivity contribution in [1.82, 2.24) is 0 Å². The van der Waals surface area contributed by atoms with Gasteiger partial charge in [-0.2, -0.15) is 0 Å². The zero-order valence-corrected chi connectivity index (χ0v) is 12.5. The summed E-state index contributed by atoms with van der Waals surface area (Å²) in [7, 11) is -3.48. The first-order valence-electron chi connectivity index (χ1n) is 6.11. The topological polar surface area (TPSA) is 115 Å². The van der Waals surface area contributed by atoms with Crippen molar-refractivity contribution in [3.05, 3.63) is 28.3 Å². The molecule has 0 aliphatic carbocycles. The Morgan fingerprint density at radius 1 is 1.40 bits per heavy atom. The Balaban J connectivity index is 3.06. The minimum atomic E-state index is -3.48. The highest BCUT2D eigenvalue weighted by atomic mass is 32.2. The molecule has 112 valence electrons. The molecule has 0 saturated carbocycles. The standard InChI is InChI=1S/C12H19N3O4S/c1-8(2)10(13)7-14-11-5-4-9(20(3,18)19)6-12(11)15(16)17/h4-6,8,10,14H,7,13H2,1-3H3. The summed E-state index contributed by atoms with van der Waals surface area (Å²) in [6.07, 6.45) is 1.01. The second-order valence-electron chi connectivity index (χ2n) is 5.00. The number of anilines is 1. The van der Waals surface area contributed by atoms with Gasteiger partial charge in [-0.3, -0.25) is 10.1 Å². The molecule has 0 heterocycles. The summed E-state index contributed by atoms with van der Waals surface area (Å²) in [5.74, 6) is 0.233. The number of rotatable bonds is 6. The summed E-state index contributed by atoms with van der Waals surface area (Å²) in [4.78, 5) is 10.3. The molecule has 0 bridgehead atoms. The number of hydrogen-bond acceptors (Lipinski definition) is 6. The lowest BCUT2D eigenvalue weighted by Crippen LogP contribution is -2.34. The van der Waals surface area contributed by atoms with Gasteiger partial charge in [-0.15, -0.1) is 0 Å². The van der Waals surface area contributed by atoms with Crippen molar-refractivity contribution in [3.63, 3.8) is 0 Å². The molecule has 0 aliphatic heterocycles. The number of hydrogen-bond donors (Lipinski definition) is 2. The number of nitrogens with one attached hydrogen (secondary N) is 1. The van der Waals surface area contributed by atoms with Gasteiger partial charge >= 0.3 is 0 Å². The molecular formula is C12H19N3O4S. The minimum Gasteiger partial charge on any atom is -0.378 e. The lowest BCUT2D eigenvalue weighted by Gasteiger charge is -2.17. The van der Waals surface area contributed by atoms with Crippen molar-refractivity contribution in [2.75, 3.05) is 18.1 Å². The van der Waals surface area contributed by atoms with E-state index >= 15 is 0 Å². The van der Waals surface area contributed by atoms with Gasteiger partial charge in [0.2, 0.25) is 0 Å². The minimum absolute atomic E-state index is 0.0806. The maximum absolute atomic E-state index is 11.4. The van der Waals surface area contributed by atoms with Gasteiger partial charge in [-0.1, -0.05) is 13.8 Å². The first kappa shape index (κ1) is 16.4. The third-order valence-electron chi connectivity index (χ3n) is 2.98. The molecule has 8 heteroatoms. The predicted octanol–water partition coefficient (Wildman–Crippen LogP) is 1.39. The van der Waals surface area contributed by atoms with Crippen LogP contribution in [0.4, 0.5) is 11.4 Å². The molecule has 0 fully saturated rings. The van der Waals surface area contributed by atoms with Crippen molar-refractivity contribution in [3.8, 4) is 0 Å². The van der Waals surface area contributed by atoms with E-state index in [2.05, 4.69) is 5.32 Å². The van der Waals surface area contributed by atoms with Gasteiger partial charge in [0.25, 0.3) is 5.69 Å². The largest absolute Gasteiger partial charge is 0.378 e. The Morgan fingerprint density at radius 3 is 2.45 bits per heavy atom. The number of nitrogens with zero attached hydrogens (tertiary/aromatic N) is 1. The van der Waals surface area contributed by atoms with E-state index in [0.29, 0.717) is 6.54 Å². The van der Waals surface area contributed by atoms with Gasteiger partial charge in [-0.05, 0) is 18.1 Å². The van der Waals surface area contributed by atoms with Crippen molar-refractivity contribution < 1.29 is 13.3 Å². The third-order valence-corrected chi connectivity index (χ3v) is 4.09. The van der Waals surface area contributed by atoms with Crippen molar-refractivity contribution in [2.45, 2.75) is 24.8 Å².